The number of benzene rings is 1. The van der Waals surface area contributed by atoms with Crippen LogP contribution in [0.2, 0.25) is 0 Å². The van der Waals surface area contributed by atoms with Crippen molar-refractivity contribution in [3.05, 3.63) is 64.3 Å². The number of furan rings is 1. The topological polar surface area (TPSA) is 128 Å². The van der Waals surface area contributed by atoms with Crippen LogP contribution in [0.15, 0.2) is 46.2 Å². The van der Waals surface area contributed by atoms with E-state index in [0.29, 0.717) is 16.1 Å². The van der Waals surface area contributed by atoms with Crippen LogP contribution in [0.3, 0.4) is 0 Å². The van der Waals surface area contributed by atoms with Gasteiger partial charge in [0.2, 0.25) is 11.0 Å². The van der Waals surface area contributed by atoms with E-state index in [2.05, 4.69) is 31.0 Å². The smallest absolute Gasteiger partial charge is 0.287 e. The molecule has 3 heterocycles. The van der Waals surface area contributed by atoms with Gasteiger partial charge in [-0.2, -0.15) is 0 Å². The number of rotatable bonds is 8. The van der Waals surface area contributed by atoms with Crippen molar-refractivity contribution in [1.82, 2.24) is 30.3 Å². The normalized spacial score (nSPS) is 10.9. The molecule has 170 valence electrons. The number of nitrogens with one attached hydrogen (secondary N) is 2. The van der Waals surface area contributed by atoms with Gasteiger partial charge in [-0.15, -0.1) is 20.4 Å². The number of carbonyl (C=O) groups is 2. The van der Waals surface area contributed by atoms with Crippen LogP contribution in [0.25, 0.3) is 5.69 Å². The van der Waals surface area contributed by atoms with Crippen LogP contribution in [0.4, 0.5) is 5.13 Å². The molecule has 0 spiro atoms. The van der Waals surface area contributed by atoms with Crippen LogP contribution in [-0.2, 0) is 11.3 Å². The summed E-state index contributed by atoms with van der Waals surface area (Å²) in [5.41, 5.74) is 3.03. The van der Waals surface area contributed by atoms with Crippen LogP contribution in [0.5, 0.6) is 0 Å². The summed E-state index contributed by atoms with van der Waals surface area (Å²) in [4.78, 5) is 24.7. The van der Waals surface area contributed by atoms with Crippen molar-refractivity contribution in [2.75, 3.05) is 11.1 Å². The molecule has 2 N–H and O–H groups in total. The van der Waals surface area contributed by atoms with E-state index in [9.17, 15) is 9.59 Å². The molecule has 0 saturated heterocycles. The number of carbonyl (C=O) groups excluding carboxylic acids is 2. The Balaban J connectivity index is 1.55. The summed E-state index contributed by atoms with van der Waals surface area (Å²) >= 11 is 2.56. The van der Waals surface area contributed by atoms with E-state index < -0.39 is 0 Å². The predicted octanol–water partition coefficient (Wildman–Crippen LogP) is 3.30. The Kier molecular flexibility index (Phi) is 6.84. The highest BCUT2D eigenvalue weighted by atomic mass is 32.2. The lowest BCUT2D eigenvalue weighted by molar-refractivity contribution is -0.113. The fraction of sp³-hybridized carbons (Fsp3) is 0.238. The monoisotopic (exact) mass is 483 g/mol. The number of aryl methyl sites for hydroxylation is 2. The second-order valence-electron chi connectivity index (χ2n) is 7.08. The third-order valence-electron chi connectivity index (χ3n) is 4.77. The largest absolute Gasteiger partial charge is 0.459 e. The minimum Gasteiger partial charge on any atom is -0.459 e. The van der Waals surface area contributed by atoms with E-state index in [0.717, 1.165) is 21.8 Å². The quantitative estimate of drug-likeness (QED) is 0.365. The first-order valence-corrected chi connectivity index (χ1v) is 11.8. The summed E-state index contributed by atoms with van der Waals surface area (Å²) in [7, 11) is 0. The van der Waals surface area contributed by atoms with Gasteiger partial charge in [0.15, 0.2) is 16.7 Å². The molecule has 12 heteroatoms. The number of thioether (sulfide) groups is 1. The van der Waals surface area contributed by atoms with Crippen molar-refractivity contribution >= 4 is 40.0 Å². The third kappa shape index (κ3) is 5.29. The fourth-order valence-electron chi connectivity index (χ4n) is 3.01. The van der Waals surface area contributed by atoms with Gasteiger partial charge >= 0.3 is 0 Å². The maximum absolute atomic E-state index is 12.4. The summed E-state index contributed by atoms with van der Waals surface area (Å²) in [6.45, 7) is 5.98. The lowest BCUT2D eigenvalue weighted by Crippen LogP contribution is -2.24. The minimum absolute atomic E-state index is 0.111. The maximum Gasteiger partial charge on any atom is 0.287 e. The second-order valence-corrected chi connectivity index (χ2v) is 9.20. The van der Waals surface area contributed by atoms with Crippen molar-refractivity contribution in [3.63, 3.8) is 0 Å². The molecule has 3 aromatic heterocycles. The third-order valence-corrected chi connectivity index (χ3v) is 6.46. The molecule has 0 unspecified atom stereocenters. The summed E-state index contributed by atoms with van der Waals surface area (Å²) in [6.07, 6.45) is 1.44. The summed E-state index contributed by atoms with van der Waals surface area (Å²) in [6, 6.07) is 9.16. The first-order chi connectivity index (χ1) is 15.9. The van der Waals surface area contributed by atoms with Crippen LogP contribution >= 0.6 is 23.1 Å². The summed E-state index contributed by atoms with van der Waals surface area (Å²) in [5, 5.41) is 23.7. The number of hydrogen-bond acceptors (Lipinski definition) is 9. The number of aromatic nitrogens is 5. The first-order valence-electron chi connectivity index (χ1n) is 9.97. The molecule has 10 nitrogen and oxygen atoms in total. The molecule has 0 aliphatic heterocycles. The number of nitrogens with zero attached hydrogens (tertiary/aromatic N) is 5. The van der Waals surface area contributed by atoms with Crippen LogP contribution in [-0.4, -0.2) is 42.5 Å². The Morgan fingerprint density at radius 1 is 1.09 bits per heavy atom. The zero-order valence-electron chi connectivity index (χ0n) is 18.2. The van der Waals surface area contributed by atoms with Gasteiger partial charge in [-0.1, -0.05) is 35.2 Å². The average molecular weight is 484 g/mol. The number of amides is 2. The lowest BCUT2D eigenvalue weighted by atomic mass is 10.1. The Hall–Kier alpha value is -3.51. The Bertz CT molecular complexity index is 1280. The van der Waals surface area contributed by atoms with Crippen LogP contribution in [0.1, 0.15) is 32.5 Å². The second kappa shape index (κ2) is 9.96. The Morgan fingerprint density at radius 3 is 2.67 bits per heavy atom. The first kappa shape index (κ1) is 22.7. The SMILES string of the molecule is Cc1nnc(NC(=O)CSc2nnc(CNC(=O)c3ccco3)n2-c2cccc(C)c2C)s1. The van der Waals surface area contributed by atoms with Crippen LogP contribution < -0.4 is 10.6 Å². The molecule has 2 amide bonds. The fourth-order valence-corrected chi connectivity index (χ4v) is 4.39. The molecule has 0 atom stereocenters. The molecule has 4 rings (SSSR count). The molecule has 0 radical (unpaired) electrons. The van der Waals surface area contributed by atoms with Gasteiger partial charge in [0.25, 0.3) is 5.91 Å². The standard InChI is InChI=1S/C21H21N7O3S2/c1-12-6-4-7-15(13(12)2)28-17(10-22-19(30)16-8-5-9-31-16)25-27-21(28)32-11-18(29)23-20-26-24-14(3)33-20/h4-9H,10-11H2,1-3H3,(H,22,30)(H,23,26,29). The summed E-state index contributed by atoms with van der Waals surface area (Å²) < 4.78 is 7.00. The minimum atomic E-state index is -0.351. The number of anilines is 1. The highest BCUT2D eigenvalue weighted by Gasteiger charge is 2.19. The van der Waals surface area contributed by atoms with E-state index in [-0.39, 0.29) is 29.9 Å². The van der Waals surface area contributed by atoms with E-state index >= 15 is 0 Å². The van der Waals surface area contributed by atoms with E-state index in [1.54, 1.807) is 12.1 Å². The number of hydrogen-bond donors (Lipinski definition) is 2. The van der Waals surface area contributed by atoms with Gasteiger partial charge in [0, 0.05) is 0 Å². The van der Waals surface area contributed by atoms with Gasteiger partial charge < -0.3 is 9.73 Å². The van der Waals surface area contributed by atoms with Gasteiger partial charge in [0.1, 0.15) is 5.01 Å². The Labute approximate surface area is 197 Å². The van der Waals surface area contributed by atoms with E-state index in [1.807, 2.05) is 43.5 Å². The zero-order chi connectivity index (χ0) is 23.4. The lowest BCUT2D eigenvalue weighted by Gasteiger charge is -2.14. The molecular formula is C21H21N7O3S2. The molecule has 0 saturated carbocycles. The van der Waals surface area contributed by atoms with Crippen LogP contribution in [0, 0.1) is 20.8 Å². The van der Waals surface area contributed by atoms with Crippen molar-refractivity contribution < 1.29 is 14.0 Å². The molecule has 0 aliphatic carbocycles. The van der Waals surface area contributed by atoms with Gasteiger partial charge in [-0.3, -0.25) is 19.5 Å². The maximum atomic E-state index is 12.4. The molecule has 0 fully saturated rings. The van der Waals surface area contributed by atoms with Crippen molar-refractivity contribution in [2.45, 2.75) is 32.5 Å². The van der Waals surface area contributed by atoms with Gasteiger partial charge in [-0.05, 0) is 50.1 Å². The van der Waals surface area contributed by atoms with E-state index in [4.69, 9.17) is 4.42 Å². The highest BCUT2D eigenvalue weighted by molar-refractivity contribution is 7.99. The van der Waals surface area contributed by atoms with Gasteiger partial charge in [-0.25, -0.2) is 0 Å². The molecule has 0 bridgehead atoms. The molecule has 33 heavy (non-hydrogen) atoms. The zero-order valence-corrected chi connectivity index (χ0v) is 19.8. The summed E-state index contributed by atoms with van der Waals surface area (Å²) in [5.74, 6) is 0.286. The van der Waals surface area contributed by atoms with Crippen molar-refractivity contribution in [3.8, 4) is 5.69 Å². The van der Waals surface area contributed by atoms with Crippen molar-refractivity contribution in [2.24, 2.45) is 0 Å². The predicted molar refractivity (Wildman–Crippen MR) is 125 cm³/mol. The molecule has 1 aromatic carbocycles. The molecule has 0 aliphatic rings. The average Bonchev–Trinajstić information content (AvgIpc) is 3.54. The molecule has 4 aromatic rings. The van der Waals surface area contributed by atoms with Gasteiger partial charge in [0.05, 0.1) is 24.2 Å². The van der Waals surface area contributed by atoms with E-state index in [1.165, 1.54) is 29.4 Å². The Morgan fingerprint density at radius 2 is 1.94 bits per heavy atom. The van der Waals surface area contributed by atoms with Crippen molar-refractivity contribution in [1.29, 1.82) is 0 Å². The highest BCUT2D eigenvalue weighted by Crippen LogP contribution is 2.26. The molecular weight excluding hydrogens is 462 g/mol.